The van der Waals surface area contributed by atoms with E-state index in [1.165, 1.54) is 6.20 Å². The molecule has 0 unspecified atom stereocenters. The molecular formula is C13H13ClF3N3. The third-order valence-corrected chi connectivity index (χ3v) is 3.06. The zero-order valence-electron chi connectivity index (χ0n) is 10.9. The van der Waals surface area contributed by atoms with Crippen molar-refractivity contribution in [3.05, 3.63) is 41.3 Å². The van der Waals surface area contributed by atoms with Gasteiger partial charge in [-0.25, -0.2) is 9.67 Å². The molecular weight excluding hydrogens is 291 g/mol. The van der Waals surface area contributed by atoms with Gasteiger partial charge in [-0.15, -0.1) is 11.6 Å². The highest BCUT2D eigenvalue weighted by Crippen LogP contribution is 2.28. The Morgan fingerprint density at radius 1 is 1.30 bits per heavy atom. The Kier molecular flexibility index (Phi) is 4.04. The summed E-state index contributed by atoms with van der Waals surface area (Å²) in [6.07, 6.45) is -3.22. The van der Waals surface area contributed by atoms with Crippen molar-refractivity contribution in [2.45, 2.75) is 31.8 Å². The number of aromatic nitrogens is 3. The number of rotatable bonds is 3. The topological polar surface area (TPSA) is 30.7 Å². The molecule has 0 spiro atoms. The summed E-state index contributed by atoms with van der Waals surface area (Å²) in [5.74, 6) is 0.750. The second-order valence-corrected chi connectivity index (χ2v) is 4.96. The van der Waals surface area contributed by atoms with Gasteiger partial charge >= 0.3 is 6.18 Å². The number of hydrogen-bond acceptors (Lipinski definition) is 2. The van der Waals surface area contributed by atoms with Gasteiger partial charge in [0.25, 0.3) is 0 Å². The minimum Gasteiger partial charge on any atom is -0.233 e. The van der Waals surface area contributed by atoms with Crippen molar-refractivity contribution in [2.75, 3.05) is 0 Å². The van der Waals surface area contributed by atoms with Gasteiger partial charge in [-0.3, -0.25) is 0 Å². The third kappa shape index (κ3) is 3.12. The standard InChI is InChI=1S/C13H13ClF3N3/c1-8(2)10-5-9(7-14)6-12(18-10)20-4-3-11(19-20)13(15,16)17/h3-6,8H,7H2,1-2H3. The zero-order chi connectivity index (χ0) is 14.9. The molecule has 2 heterocycles. The maximum atomic E-state index is 12.6. The van der Waals surface area contributed by atoms with Gasteiger partial charge in [0.1, 0.15) is 0 Å². The molecule has 7 heteroatoms. The second kappa shape index (κ2) is 5.44. The summed E-state index contributed by atoms with van der Waals surface area (Å²) in [4.78, 5) is 4.32. The molecule has 0 aliphatic carbocycles. The van der Waals surface area contributed by atoms with E-state index in [0.717, 1.165) is 22.0 Å². The number of pyridine rings is 1. The summed E-state index contributed by atoms with van der Waals surface area (Å²) >= 11 is 5.80. The fourth-order valence-corrected chi connectivity index (χ4v) is 1.84. The molecule has 0 aliphatic heterocycles. The molecule has 0 bridgehead atoms. The molecule has 0 amide bonds. The Labute approximate surface area is 119 Å². The molecule has 0 radical (unpaired) electrons. The smallest absolute Gasteiger partial charge is 0.233 e. The summed E-state index contributed by atoms with van der Waals surface area (Å²) in [6, 6.07) is 4.39. The van der Waals surface area contributed by atoms with Gasteiger partial charge in [-0.2, -0.15) is 18.3 Å². The van der Waals surface area contributed by atoms with Crippen LogP contribution in [0, 0.1) is 0 Å². The molecule has 2 aromatic heterocycles. The lowest BCUT2D eigenvalue weighted by molar-refractivity contribution is -0.141. The summed E-state index contributed by atoms with van der Waals surface area (Å²) < 4.78 is 38.8. The van der Waals surface area contributed by atoms with Crippen LogP contribution in [0.2, 0.25) is 0 Å². The number of halogens is 4. The van der Waals surface area contributed by atoms with E-state index < -0.39 is 11.9 Å². The molecule has 0 aliphatic rings. The van der Waals surface area contributed by atoms with Crippen LogP contribution in [0.3, 0.4) is 0 Å². The maximum absolute atomic E-state index is 12.6. The van der Waals surface area contributed by atoms with Crippen molar-refractivity contribution in [2.24, 2.45) is 0 Å². The molecule has 0 atom stereocenters. The molecule has 2 rings (SSSR count). The average Bonchev–Trinajstić information content (AvgIpc) is 2.87. The lowest BCUT2D eigenvalue weighted by atomic mass is 10.1. The van der Waals surface area contributed by atoms with Crippen LogP contribution in [0.5, 0.6) is 0 Å². The minimum absolute atomic E-state index is 0.148. The van der Waals surface area contributed by atoms with Gasteiger partial charge in [-0.1, -0.05) is 13.8 Å². The highest BCUT2D eigenvalue weighted by Gasteiger charge is 2.33. The zero-order valence-corrected chi connectivity index (χ0v) is 11.7. The summed E-state index contributed by atoms with van der Waals surface area (Å²) in [6.45, 7) is 3.91. The van der Waals surface area contributed by atoms with Gasteiger partial charge in [0.05, 0.1) is 0 Å². The van der Waals surface area contributed by atoms with E-state index in [0.29, 0.717) is 5.82 Å². The lowest BCUT2D eigenvalue weighted by Crippen LogP contribution is -2.09. The first-order valence-electron chi connectivity index (χ1n) is 6.01. The SMILES string of the molecule is CC(C)c1cc(CCl)cc(-n2ccc(C(F)(F)F)n2)n1. The van der Waals surface area contributed by atoms with Crippen LogP contribution in [0.15, 0.2) is 24.4 Å². The van der Waals surface area contributed by atoms with Crippen LogP contribution in [0.4, 0.5) is 13.2 Å². The summed E-state index contributed by atoms with van der Waals surface area (Å²) in [5.41, 5.74) is 0.619. The Hall–Kier alpha value is -1.56. The lowest BCUT2D eigenvalue weighted by Gasteiger charge is -2.10. The van der Waals surface area contributed by atoms with Crippen LogP contribution in [0.25, 0.3) is 5.82 Å². The van der Waals surface area contributed by atoms with Gasteiger partial charge in [0.2, 0.25) is 0 Å². The van der Waals surface area contributed by atoms with Gasteiger partial charge in [-0.05, 0) is 29.7 Å². The molecule has 0 saturated carbocycles. The molecule has 108 valence electrons. The van der Waals surface area contributed by atoms with Crippen molar-refractivity contribution in [1.29, 1.82) is 0 Å². The highest BCUT2D eigenvalue weighted by atomic mass is 35.5. The van der Waals surface area contributed by atoms with Crippen molar-refractivity contribution in [3.8, 4) is 5.82 Å². The van der Waals surface area contributed by atoms with E-state index in [4.69, 9.17) is 11.6 Å². The predicted octanol–water partition coefficient (Wildman–Crippen LogP) is 4.15. The third-order valence-electron chi connectivity index (χ3n) is 2.75. The van der Waals surface area contributed by atoms with Crippen molar-refractivity contribution >= 4 is 11.6 Å². The van der Waals surface area contributed by atoms with Gasteiger partial charge in [0, 0.05) is 17.8 Å². The second-order valence-electron chi connectivity index (χ2n) is 4.69. The first-order chi connectivity index (χ1) is 9.31. The van der Waals surface area contributed by atoms with Gasteiger partial charge < -0.3 is 0 Å². The quantitative estimate of drug-likeness (QED) is 0.798. The molecule has 0 N–H and O–H groups in total. The van der Waals surface area contributed by atoms with E-state index in [2.05, 4.69) is 10.1 Å². The van der Waals surface area contributed by atoms with E-state index in [-0.39, 0.29) is 11.8 Å². The minimum atomic E-state index is -4.46. The number of alkyl halides is 4. The highest BCUT2D eigenvalue weighted by molar-refractivity contribution is 6.17. The normalized spacial score (nSPS) is 12.2. The Morgan fingerprint density at radius 2 is 2.00 bits per heavy atom. The summed E-state index contributed by atoms with van der Waals surface area (Å²) in [7, 11) is 0. The Morgan fingerprint density at radius 3 is 2.50 bits per heavy atom. The van der Waals surface area contributed by atoms with Crippen molar-refractivity contribution in [1.82, 2.24) is 14.8 Å². The van der Waals surface area contributed by atoms with E-state index in [1.807, 2.05) is 19.9 Å². The van der Waals surface area contributed by atoms with Crippen LogP contribution >= 0.6 is 11.6 Å². The Balaban J connectivity index is 2.46. The summed E-state index contributed by atoms with van der Waals surface area (Å²) in [5, 5.41) is 3.51. The average molecular weight is 304 g/mol. The molecule has 20 heavy (non-hydrogen) atoms. The number of nitrogens with zero attached hydrogens (tertiary/aromatic N) is 3. The fourth-order valence-electron chi connectivity index (χ4n) is 1.69. The molecule has 3 nitrogen and oxygen atoms in total. The Bertz CT molecular complexity index is 605. The molecule has 2 aromatic rings. The van der Waals surface area contributed by atoms with E-state index in [9.17, 15) is 13.2 Å². The van der Waals surface area contributed by atoms with Crippen LogP contribution < -0.4 is 0 Å². The monoisotopic (exact) mass is 303 g/mol. The van der Waals surface area contributed by atoms with Crippen LogP contribution in [-0.2, 0) is 12.1 Å². The van der Waals surface area contributed by atoms with Gasteiger partial charge in [0.15, 0.2) is 11.5 Å². The molecule has 0 saturated heterocycles. The maximum Gasteiger partial charge on any atom is 0.435 e. The van der Waals surface area contributed by atoms with E-state index >= 15 is 0 Å². The van der Waals surface area contributed by atoms with Crippen LogP contribution in [0.1, 0.15) is 36.7 Å². The van der Waals surface area contributed by atoms with Crippen molar-refractivity contribution < 1.29 is 13.2 Å². The molecule has 0 fully saturated rings. The first kappa shape index (κ1) is 14.8. The largest absolute Gasteiger partial charge is 0.435 e. The fraction of sp³-hybridized carbons (Fsp3) is 0.385. The van der Waals surface area contributed by atoms with E-state index in [1.54, 1.807) is 6.07 Å². The predicted molar refractivity (Wildman–Crippen MR) is 70.0 cm³/mol. The first-order valence-corrected chi connectivity index (χ1v) is 6.54. The number of hydrogen-bond donors (Lipinski definition) is 0. The van der Waals surface area contributed by atoms with Crippen LogP contribution in [-0.4, -0.2) is 14.8 Å². The van der Waals surface area contributed by atoms with Crippen molar-refractivity contribution in [3.63, 3.8) is 0 Å². The molecule has 0 aromatic carbocycles.